The minimum atomic E-state index is -3.49. The van der Waals surface area contributed by atoms with Gasteiger partial charge in [-0.15, -0.1) is 0 Å². The van der Waals surface area contributed by atoms with E-state index in [1.165, 1.54) is 0 Å². The van der Waals surface area contributed by atoms with Gasteiger partial charge in [0, 0.05) is 31.1 Å². The summed E-state index contributed by atoms with van der Waals surface area (Å²) in [6, 6.07) is 17.0. The van der Waals surface area contributed by atoms with Gasteiger partial charge in [0.05, 0.1) is 4.90 Å². The van der Waals surface area contributed by atoms with E-state index in [1.54, 1.807) is 24.3 Å². The van der Waals surface area contributed by atoms with Gasteiger partial charge in [0.1, 0.15) is 5.84 Å². The van der Waals surface area contributed by atoms with Crippen LogP contribution < -0.4 is 4.72 Å². The van der Waals surface area contributed by atoms with Crippen LogP contribution in [-0.4, -0.2) is 37.6 Å². The van der Waals surface area contributed by atoms with Gasteiger partial charge in [-0.1, -0.05) is 48.9 Å². The molecule has 0 aromatic heterocycles. The molecule has 1 aliphatic heterocycles. The number of hydrogen-bond acceptors (Lipinski definition) is 4. The number of rotatable bonds is 9. The molecule has 2 aromatic carbocycles. The first kappa shape index (κ1) is 22.0. The van der Waals surface area contributed by atoms with E-state index in [0.29, 0.717) is 30.9 Å². The largest absolute Gasteiger partial charge is 0.336 e. The standard InChI is InChI=1S/C23H29N3O3S/c1-18(2)26(17-19-11-5-3-6-12-19)22(27)15-7-4-10-16-24-23-20-13-8-9-14-21(20)30(28,29)25-23/h3,5-6,8-9,11-14,18H,4,7,10,15-17H2,1-2H3,(H,24,25). The van der Waals surface area contributed by atoms with Crippen molar-refractivity contribution in [2.45, 2.75) is 57.0 Å². The molecule has 160 valence electrons. The number of benzene rings is 2. The predicted octanol–water partition coefficient (Wildman–Crippen LogP) is 3.72. The molecule has 1 amide bonds. The molecule has 0 unspecified atom stereocenters. The van der Waals surface area contributed by atoms with E-state index in [2.05, 4.69) is 9.71 Å². The van der Waals surface area contributed by atoms with Crippen molar-refractivity contribution in [3.8, 4) is 0 Å². The molecule has 0 atom stereocenters. The first-order valence-corrected chi connectivity index (χ1v) is 11.9. The summed E-state index contributed by atoms with van der Waals surface area (Å²) in [5.74, 6) is 0.577. The maximum atomic E-state index is 12.7. The normalized spacial score (nSPS) is 15.8. The van der Waals surface area contributed by atoms with Crippen molar-refractivity contribution in [2.75, 3.05) is 6.54 Å². The molecule has 0 saturated heterocycles. The molecule has 0 radical (unpaired) electrons. The molecular formula is C23H29N3O3S. The number of carbonyl (C=O) groups excluding carboxylic acids is 1. The highest BCUT2D eigenvalue weighted by molar-refractivity contribution is 7.90. The van der Waals surface area contributed by atoms with Crippen LogP contribution in [0.25, 0.3) is 0 Å². The third kappa shape index (κ3) is 5.48. The van der Waals surface area contributed by atoms with Gasteiger partial charge < -0.3 is 4.90 Å². The minimum Gasteiger partial charge on any atom is -0.336 e. The average Bonchev–Trinajstić information content (AvgIpc) is 2.99. The summed E-state index contributed by atoms with van der Waals surface area (Å²) in [4.78, 5) is 19.3. The van der Waals surface area contributed by atoms with Crippen LogP contribution in [0.3, 0.4) is 0 Å². The summed E-state index contributed by atoms with van der Waals surface area (Å²) in [6.07, 6.45) is 2.98. The van der Waals surface area contributed by atoms with Crippen LogP contribution >= 0.6 is 0 Å². The number of unbranched alkanes of at least 4 members (excludes halogenated alkanes) is 2. The van der Waals surface area contributed by atoms with Gasteiger partial charge in [-0.2, -0.15) is 0 Å². The van der Waals surface area contributed by atoms with Crippen molar-refractivity contribution in [1.82, 2.24) is 9.62 Å². The lowest BCUT2D eigenvalue weighted by Crippen LogP contribution is -2.36. The molecule has 1 aliphatic rings. The number of amidine groups is 1. The van der Waals surface area contributed by atoms with Crippen molar-refractivity contribution in [3.63, 3.8) is 0 Å². The number of nitrogens with one attached hydrogen (secondary N) is 1. The Morgan fingerprint density at radius 2 is 1.70 bits per heavy atom. The molecule has 1 N–H and O–H groups in total. The van der Waals surface area contributed by atoms with E-state index in [-0.39, 0.29) is 16.8 Å². The zero-order valence-corrected chi connectivity index (χ0v) is 18.4. The maximum absolute atomic E-state index is 12.7. The summed E-state index contributed by atoms with van der Waals surface area (Å²) in [7, 11) is -3.49. The van der Waals surface area contributed by atoms with Gasteiger partial charge >= 0.3 is 0 Å². The maximum Gasteiger partial charge on any atom is 0.263 e. The lowest BCUT2D eigenvalue weighted by Gasteiger charge is -2.27. The fraction of sp³-hybridized carbons (Fsp3) is 0.391. The lowest BCUT2D eigenvalue weighted by molar-refractivity contribution is -0.133. The molecule has 6 nitrogen and oxygen atoms in total. The van der Waals surface area contributed by atoms with E-state index < -0.39 is 10.0 Å². The minimum absolute atomic E-state index is 0.152. The van der Waals surface area contributed by atoms with Gasteiger partial charge in [0.2, 0.25) is 5.91 Å². The van der Waals surface area contributed by atoms with Crippen LogP contribution in [0.4, 0.5) is 0 Å². The van der Waals surface area contributed by atoms with Crippen molar-refractivity contribution in [2.24, 2.45) is 4.99 Å². The number of sulfonamides is 1. The first-order valence-electron chi connectivity index (χ1n) is 10.4. The molecule has 1 heterocycles. The highest BCUT2D eigenvalue weighted by Crippen LogP contribution is 2.22. The highest BCUT2D eigenvalue weighted by Gasteiger charge is 2.29. The van der Waals surface area contributed by atoms with Gasteiger partial charge in [0.25, 0.3) is 10.0 Å². The molecule has 0 spiro atoms. The van der Waals surface area contributed by atoms with Crippen LogP contribution in [0.5, 0.6) is 0 Å². The number of amides is 1. The second-order valence-corrected chi connectivity index (χ2v) is 9.39. The number of fused-ring (bicyclic) bond motifs is 1. The Morgan fingerprint density at radius 3 is 2.43 bits per heavy atom. The topological polar surface area (TPSA) is 78.8 Å². The Balaban J connectivity index is 1.45. The molecule has 2 aromatic rings. The second-order valence-electron chi connectivity index (χ2n) is 7.74. The van der Waals surface area contributed by atoms with Crippen molar-refractivity contribution in [1.29, 1.82) is 0 Å². The van der Waals surface area contributed by atoms with E-state index in [1.807, 2.05) is 49.1 Å². The van der Waals surface area contributed by atoms with Crippen LogP contribution in [-0.2, 0) is 21.4 Å². The molecule has 3 rings (SSSR count). The van der Waals surface area contributed by atoms with E-state index >= 15 is 0 Å². The summed E-state index contributed by atoms with van der Waals surface area (Å²) in [5.41, 5.74) is 1.76. The van der Waals surface area contributed by atoms with Gasteiger partial charge in [-0.05, 0) is 44.4 Å². The number of nitrogens with zero attached hydrogens (tertiary/aromatic N) is 2. The number of aliphatic imine (C=N–C) groups is 1. The molecule has 30 heavy (non-hydrogen) atoms. The fourth-order valence-electron chi connectivity index (χ4n) is 3.49. The van der Waals surface area contributed by atoms with Crippen molar-refractivity contribution >= 4 is 21.8 Å². The van der Waals surface area contributed by atoms with Crippen LogP contribution in [0.1, 0.15) is 50.7 Å². The monoisotopic (exact) mass is 427 g/mol. The zero-order valence-electron chi connectivity index (χ0n) is 17.5. The van der Waals surface area contributed by atoms with Crippen LogP contribution in [0, 0.1) is 0 Å². The quantitative estimate of drug-likeness (QED) is 0.620. The third-order valence-electron chi connectivity index (χ3n) is 5.12. The van der Waals surface area contributed by atoms with Crippen LogP contribution in [0.15, 0.2) is 64.5 Å². The number of hydrogen-bond donors (Lipinski definition) is 1. The molecular weight excluding hydrogens is 398 g/mol. The first-order chi connectivity index (χ1) is 14.4. The smallest absolute Gasteiger partial charge is 0.263 e. The van der Waals surface area contributed by atoms with Gasteiger partial charge in [-0.3, -0.25) is 14.5 Å². The second kappa shape index (κ2) is 9.89. The number of carbonyl (C=O) groups is 1. The Morgan fingerprint density at radius 1 is 1.00 bits per heavy atom. The van der Waals surface area contributed by atoms with Crippen molar-refractivity contribution in [3.05, 3.63) is 65.7 Å². The SMILES string of the molecule is CC(C)N(Cc1ccccc1)C(=O)CCCCCN=C1NS(=O)(=O)c2ccccc21. The summed E-state index contributed by atoms with van der Waals surface area (Å²) < 4.78 is 26.7. The summed E-state index contributed by atoms with van der Waals surface area (Å²) in [6.45, 7) is 5.23. The van der Waals surface area contributed by atoms with Crippen LogP contribution in [0.2, 0.25) is 0 Å². The zero-order chi connectivity index (χ0) is 21.6. The molecule has 0 fully saturated rings. The van der Waals surface area contributed by atoms with E-state index in [9.17, 15) is 13.2 Å². The lowest BCUT2D eigenvalue weighted by atomic mass is 10.1. The average molecular weight is 428 g/mol. The van der Waals surface area contributed by atoms with E-state index in [4.69, 9.17) is 0 Å². The van der Waals surface area contributed by atoms with Gasteiger partial charge in [-0.25, -0.2) is 8.42 Å². The van der Waals surface area contributed by atoms with E-state index in [0.717, 1.165) is 24.8 Å². The summed E-state index contributed by atoms with van der Waals surface area (Å²) in [5, 5.41) is 0. The third-order valence-corrected chi connectivity index (χ3v) is 6.52. The van der Waals surface area contributed by atoms with Crippen molar-refractivity contribution < 1.29 is 13.2 Å². The molecule has 0 saturated carbocycles. The molecule has 0 aliphatic carbocycles. The Hall–Kier alpha value is -2.67. The molecule has 0 bridgehead atoms. The Labute approximate surface area is 179 Å². The molecule has 7 heteroatoms. The Kier molecular flexibility index (Phi) is 7.26. The fourth-order valence-corrected chi connectivity index (χ4v) is 4.74. The predicted molar refractivity (Wildman–Crippen MR) is 119 cm³/mol. The summed E-state index contributed by atoms with van der Waals surface area (Å²) >= 11 is 0. The van der Waals surface area contributed by atoms with Gasteiger partial charge in [0.15, 0.2) is 0 Å². The highest BCUT2D eigenvalue weighted by atomic mass is 32.2. The Bertz CT molecular complexity index is 1000.